The van der Waals surface area contributed by atoms with Gasteiger partial charge in [0.15, 0.2) is 16.5 Å². The van der Waals surface area contributed by atoms with Crippen LogP contribution in [0, 0.1) is 5.82 Å². The van der Waals surface area contributed by atoms with Gasteiger partial charge in [-0.1, -0.05) is 0 Å². The Morgan fingerprint density at radius 3 is 2.94 bits per heavy atom. The molecule has 0 amide bonds. The van der Waals surface area contributed by atoms with E-state index in [1.54, 1.807) is 22.7 Å². The molecule has 0 aliphatic rings. The number of nitrogen functional groups attached to an aromatic ring is 1. The van der Waals surface area contributed by atoms with Gasteiger partial charge in [-0.2, -0.15) is 0 Å². The standard InChI is InChI=1S/C12H10FN3OS/c1-17-10-3-2-7(4-8(10)13)9-5-16-11(14)6-18-12(16)15-9/h2-6H,14H2,1H3. The van der Waals surface area contributed by atoms with Crippen LogP contribution in [-0.2, 0) is 0 Å². The highest BCUT2D eigenvalue weighted by Gasteiger charge is 2.10. The average molecular weight is 263 g/mol. The lowest BCUT2D eigenvalue weighted by molar-refractivity contribution is 0.386. The zero-order valence-electron chi connectivity index (χ0n) is 9.55. The van der Waals surface area contributed by atoms with Crippen LogP contribution in [-0.4, -0.2) is 16.5 Å². The maximum Gasteiger partial charge on any atom is 0.195 e. The summed E-state index contributed by atoms with van der Waals surface area (Å²) < 4.78 is 20.3. The fraction of sp³-hybridized carbons (Fsp3) is 0.0833. The number of nitrogens with two attached hydrogens (primary N) is 1. The van der Waals surface area contributed by atoms with Crippen molar-refractivity contribution in [1.82, 2.24) is 9.38 Å². The van der Waals surface area contributed by atoms with Crippen LogP contribution < -0.4 is 10.5 Å². The number of fused-ring (bicyclic) bond motifs is 1. The largest absolute Gasteiger partial charge is 0.494 e. The molecule has 2 N–H and O–H groups in total. The Labute approximate surface area is 106 Å². The summed E-state index contributed by atoms with van der Waals surface area (Å²) >= 11 is 1.45. The maximum absolute atomic E-state index is 13.6. The smallest absolute Gasteiger partial charge is 0.195 e. The summed E-state index contributed by atoms with van der Waals surface area (Å²) in [6.07, 6.45) is 1.79. The molecule has 0 saturated carbocycles. The van der Waals surface area contributed by atoms with E-state index in [4.69, 9.17) is 10.5 Å². The van der Waals surface area contributed by atoms with Gasteiger partial charge < -0.3 is 10.5 Å². The van der Waals surface area contributed by atoms with Gasteiger partial charge in [0.2, 0.25) is 0 Å². The first-order valence-corrected chi connectivity index (χ1v) is 6.13. The van der Waals surface area contributed by atoms with E-state index in [0.717, 1.165) is 4.96 Å². The number of hydrogen-bond acceptors (Lipinski definition) is 4. The topological polar surface area (TPSA) is 52.5 Å². The number of nitrogens with zero attached hydrogens (tertiary/aromatic N) is 2. The Morgan fingerprint density at radius 2 is 2.28 bits per heavy atom. The third-order valence-corrected chi connectivity index (χ3v) is 3.54. The van der Waals surface area contributed by atoms with E-state index in [1.807, 2.05) is 5.38 Å². The fourth-order valence-corrected chi connectivity index (χ4v) is 2.53. The quantitative estimate of drug-likeness (QED) is 0.773. The van der Waals surface area contributed by atoms with E-state index in [0.29, 0.717) is 17.1 Å². The number of imidazole rings is 1. The molecule has 6 heteroatoms. The highest BCUT2D eigenvalue weighted by atomic mass is 32.1. The van der Waals surface area contributed by atoms with E-state index < -0.39 is 5.82 Å². The van der Waals surface area contributed by atoms with Crippen molar-refractivity contribution in [1.29, 1.82) is 0 Å². The normalized spacial score (nSPS) is 11.0. The molecule has 0 saturated heterocycles. The molecule has 3 aromatic rings. The third kappa shape index (κ3) is 1.62. The number of halogens is 1. The summed E-state index contributed by atoms with van der Waals surface area (Å²) in [5, 5.41) is 1.82. The Bertz CT molecular complexity index is 719. The molecule has 4 nitrogen and oxygen atoms in total. The number of methoxy groups -OCH3 is 1. The minimum atomic E-state index is -0.403. The van der Waals surface area contributed by atoms with Gasteiger partial charge in [-0.3, -0.25) is 4.40 Å². The van der Waals surface area contributed by atoms with Gasteiger partial charge in [0.1, 0.15) is 5.82 Å². The Hall–Kier alpha value is -2.08. The van der Waals surface area contributed by atoms with Crippen LogP contribution in [0.2, 0.25) is 0 Å². The van der Waals surface area contributed by atoms with Crippen LogP contribution in [0.1, 0.15) is 0 Å². The molecule has 2 heterocycles. The third-order valence-electron chi connectivity index (χ3n) is 2.68. The molecular weight excluding hydrogens is 253 g/mol. The van der Waals surface area contributed by atoms with Crippen LogP contribution in [0.15, 0.2) is 29.8 Å². The highest BCUT2D eigenvalue weighted by molar-refractivity contribution is 7.15. The van der Waals surface area contributed by atoms with Crippen LogP contribution in [0.5, 0.6) is 5.75 Å². The lowest BCUT2D eigenvalue weighted by Crippen LogP contribution is -1.89. The van der Waals surface area contributed by atoms with Gasteiger partial charge in [-0.05, 0) is 18.2 Å². The van der Waals surface area contributed by atoms with E-state index in [2.05, 4.69) is 4.98 Å². The molecule has 18 heavy (non-hydrogen) atoms. The van der Waals surface area contributed by atoms with Crippen LogP contribution >= 0.6 is 11.3 Å². The van der Waals surface area contributed by atoms with Crippen LogP contribution in [0.4, 0.5) is 10.2 Å². The van der Waals surface area contributed by atoms with Gasteiger partial charge in [0.25, 0.3) is 0 Å². The number of aromatic nitrogens is 2. The second-order valence-electron chi connectivity index (χ2n) is 3.79. The van der Waals surface area contributed by atoms with Crippen molar-refractivity contribution >= 4 is 22.1 Å². The summed E-state index contributed by atoms with van der Waals surface area (Å²) in [4.78, 5) is 5.18. The summed E-state index contributed by atoms with van der Waals surface area (Å²) in [7, 11) is 1.44. The van der Waals surface area contributed by atoms with E-state index >= 15 is 0 Å². The van der Waals surface area contributed by atoms with Crippen molar-refractivity contribution in [2.45, 2.75) is 0 Å². The first-order valence-electron chi connectivity index (χ1n) is 5.25. The molecule has 3 rings (SSSR count). The summed E-state index contributed by atoms with van der Waals surface area (Å²) in [5.41, 5.74) is 7.17. The van der Waals surface area contributed by atoms with E-state index in [9.17, 15) is 4.39 Å². The van der Waals surface area contributed by atoms with Crippen molar-refractivity contribution in [3.63, 3.8) is 0 Å². The Kier molecular flexibility index (Phi) is 2.45. The summed E-state index contributed by atoms with van der Waals surface area (Å²) in [5.74, 6) is 0.446. The van der Waals surface area contributed by atoms with Gasteiger partial charge in [-0.15, -0.1) is 11.3 Å². The minimum absolute atomic E-state index is 0.222. The lowest BCUT2D eigenvalue weighted by atomic mass is 10.1. The monoisotopic (exact) mass is 263 g/mol. The van der Waals surface area contributed by atoms with Gasteiger partial charge in [-0.25, -0.2) is 9.37 Å². The van der Waals surface area contributed by atoms with Crippen molar-refractivity contribution < 1.29 is 9.13 Å². The zero-order chi connectivity index (χ0) is 12.7. The molecule has 0 unspecified atom stereocenters. The van der Waals surface area contributed by atoms with Crippen molar-refractivity contribution in [3.8, 4) is 17.0 Å². The van der Waals surface area contributed by atoms with Gasteiger partial charge in [0.05, 0.1) is 12.8 Å². The predicted molar refractivity (Wildman–Crippen MR) is 69.4 cm³/mol. The lowest BCUT2D eigenvalue weighted by Gasteiger charge is -2.02. The molecular formula is C12H10FN3OS. The first-order chi connectivity index (χ1) is 8.69. The molecule has 0 fully saturated rings. The van der Waals surface area contributed by atoms with Gasteiger partial charge in [0, 0.05) is 17.1 Å². The van der Waals surface area contributed by atoms with E-state index in [-0.39, 0.29) is 5.75 Å². The van der Waals surface area contributed by atoms with Crippen molar-refractivity contribution in [2.75, 3.05) is 12.8 Å². The predicted octanol–water partition coefficient (Wildman–Crippen LogP) is 2.79. The average Bonchev–Trinajstić information content (AvgIpc) is 2.92. The van der Waals surface area contributed by atoms with Crippen molar-refractivity contribution in [3.05, 3.63) is 35.6 Å². The SMILES string of the molecule is COc1ccc(-c2cn3c(N)csc3n2)cc1F. The highest BCUT2D eigenvalue weighted by Crippen LogP contribution is 2.27. The molecule has 0 aliphatic carbocycles. The minimum Gasteiger partial charge on any atom is -0.494 e. The fourth-order valence-electron chi connectivity index (χ4n) is 1.77. The molecule has 2 aromatic heterocycles. The number of anilines is 1. The maximum atomic E-state index is 13.6. The van der Waals surface area contributed by atoms with Crippen molar-refractivity contribution in [2.24, 2.45) is 0 Å². The molecule has 0 atom stereocenters. The van der Waals surface area contributed by atoms with E-state index in [1.165, 1.54) is 24.5 Å². The molecule has 0 aliphatic heterocycles. The molecule has 1 aromatic carbocycles. The molecule has 0 spiro atoms. The zero-order valence-corrected chi connectivity index (χ0v) is 10.4. The van der Waals surface area contributed by atoms with Crippen LogP contribution in [0.25, 0.3) is 16.2 Å². The Balaban J connectivity index is 2.10. The number of hydrogen-bond donors (Lipinski definition) is 1. The summed E-state index contributed by atoms with van der Waals surface area (Å²) in [6.45, 7) is 0. The number of ether oxygens (including phenoxy) is 1. The second-order valence-corrected chi connectivity index (χ2v) is 4.63. The molecule has 0 radical (unpaired) electrons. The number of rotatable bonds is 2. The second kappa shape index (κ2) is 3.99. The Morgan fingerprint density at radius 1 is 1.44 bits per heavy atom. The molecule has 0 bridgehead atoms. The number of thiazole rings is 1. The number of benzene rings is 1. The first kappa shape index (κ1) is 11.0. The van der Waals surface area contributed by atoms with Crippen LogP contribution in [0.3, 0.4) is 0 Å². The summed E-state index contributed by atoms with van der Waals surface area (Å²) in [6, 6.07) is 4.76. The molecule has 92 valence electrons. The van der Waals surface area contributed by atoms with Gasteiger partial charge >= 0.3 is 0 Å².